The Morgan fingerprint density at radius 2 is 1.68 bits per heavy atom. The maximum Gasteiger partial charge on any atom is 0.279 e. The number of pyridine rings is 1. The Balaban J connectivity index is 1.46. The van der Waals surface area contributed by atoms with E-state index >= 15 is 0 Å². The van der Waals surface area contributed by atoms with Crippen molar-refractivity contribution in [2.75, 3.05) is 0 Å². The number of hydrogen-bond donors (Lipinski definition) is 3. The highest BCUT2D eigenvalue weighted by atomic mass is 32.1. The number of hydrazine groups is 1. The fraction of sp³-hybridized carbons (Fsp3) is 0.286. The first-order chi connectivity index (χ1) is 13.6. The summed E-state index contributed by atoms with van der Waals surface area (Å²) >= 11 is 1.49. The number of benzene rings is 1. The van der Waals surface area contributed by atoms with Gasteiger partial charge in [0, 0.05) is 10.4 Å². The summed E-state index contributed by atoms with van der Waals surface area (Å²) < 4.78 is 0. The van der Waals surface area contributed by atoms with Crippen molar-refractivity contribution in [3.63, 3.8) is 0 Å². The van der Waals surface area contributed by atoms with Crippen LogP contribution in [0, 0.1) is 0 Å². The minimum atomic E-state index is -0.643. The molecule has 0 radical (unpaired) electrons. The van der Waals surface area contributed by atoms with Crippen LogP contribution in [-0.2, 0) is 12.8 Å². The van der Waals surface area contributed by atoms with Crippen LogP contribution in [0.2, 0.25) is 0 Å². The Labute approximate surface area is 165 Å². The molecular weight excluding hydrogens is 374 g/mol. The second kappa shape index (κ2) is 7.98. The Bertz CT molecular complexity index is 1070. The van der Waals surface area contributed by atoms with Gasteiger partial charge in [0.25, 0.3) is 17.4 Å². The van der Waals surface area contributed by atoms with Gasteiger partial charge in [-0.2, -0.15) is 0 Å². The highest BCUT2D eigenvalue weighted by molar-refractivity contribution is 7.14. The molecule has 0 aliphatic heterocycles. The summed E-state index contributed by atoms with van der Waals surface area (Å²) in [5.74, 6) is -1.00. The van der Waals surface area contributed by atoms with Crippen LogP contribution in [-0.4, -0.2) is 16.8 Å². The molecule has 0 saturated heterocycles. The summed E-state index contributed by atoms with van der Waals surface area (Å²) in [4.78, 5) is 41.5. The van der Waals surface area contributed by atoms with E-state index in [-0.39, 0.29) is 11.5 Å². The third kappa shape index (κ3) is 3.84. The van der Waals surface area contributed by atoms with Crippen molar-refractivity contribution in [3.05, 3.63) is 67.6 Å². The Morgan fingerprint density at radius 3 is 2.54 bits per heavy atom. The van der Waals surface area contributed by atoms with Crippen LogP contribution >= 0.6 is 11.3 Å². The number of nitrogens with one attached hydrogen (secondary N) is 3. The maximum absolute atomic E-state index is 12.5. The molecule has 2 aromatic heterocycles. The zero-order chi connectivity index (χ0) is 19.5. The van der Waals surface area contributed by atoms with Crippen LogP contribution < -0.4 is 16.4 Å². The molecular formula is C21H21N3O3S. The minimum absolute atomic E-state index is 0.0440. The van der Waals surface area contributed by atoms with E-state index in [9.17, 15) is 14.4 Å². The summed E-state index contributed by atoms with van der Waals surface area (Å²) in [5, 5.41) is 0.747. The largest absolute Gasteiger partial charge is 0.321 e. The first kappa shape index (κ1) is 18.4. The number of hydrogen-bond acceptors (Lipinski definition) is 4. The number of aromatic amines is 1. The van der Waals surface area contributed by atoms with E-state index in [1.165, 1.54) is 40.7 Å². The van der Waals surface area contributed by atoms with Crippen molar-refractivity contribution in [2.45, 2.75) is 38.5 Å². The zero-order valence-electron chi connectivity index (χ0n) is 15.3. The van der Waals surface area contributed by atoms with Gasteiger partial charge in [-0.25, -0.2) is 0 Å². The molecule has 3 aromatic rings. The average molecular weight is 395 g/mol. The minimum Gasteiger partial charge on any atom is -0.321 e. The van der Waals surface area contributed by atoms with Crippen molar-refractivity contribution in [1.82, 2.24) is 15.8 Å². The second-order valence-corrected chi connectivity index (χ2v) is 8.12. The molecule has 28 heavy (non-hydrogen) atoms. The van der Waals surface area contributed by atoms with E-state index < -0.39 is 11.5 Å². The summed E-state index contributed by atoms with van der Waals surface area (Å²) in [6.07, 6.45) is 6.76. The number of carbonyl (C=O) groups is 2. The predicted molar refractivity (Wildman–Crippen MR) is 110 cm³/mol. The molecule has 7 heteroatoms. The molecule has 4 rings (SSSR count). The van der Waals surface area contributed by atoms with Gasteiger partial charge in [0.2, 0.25) is 0 Å². The van der Waals surface area contributed by atoms with E-state index in [2.05, 4.69) is 15.8 Å². The van der Waals surface area contributed by atoms with Crippen molar-refractivity contribution < 1.29 is 9.59 Å². The quantitative estimate of drug-likeness (QED) is 0.581. The van der Waals surface area contributed by atoms with Crippen molar-refractivity contribution in [1.29, 1.82) is 0 Å². The molecule has 2 heterocycles. The average Bonchev–Trinajstić information content (AvgIpc) is 3.07. The highest BCUT2D eigenvalue weighted by Gasteiger charge is 2.17. The molecule has 1 aromatic carbocycles. The molecule has 3 N–H and O–H groups in total. The van der Waals surface area contributed by atoms with Gasteiger partial charge in [-0.05, 0) is 54.8 Å². The van der Waals surface area contributed by atoms with Crippen LogP contribution in [0.25, 0.3) is 10.9 Å². The number of amides is 2. The topological polar surface area (TPSA) is 91.1 Å². The van der Waals surface area contributed by atoms with Gasteiger partial charge in [-0.1, -0.05) is 31.0 Å². The van der Waals surface area contributed by atoms with Crippen LogP contribution in [0.1, 0.15) is 56.2 Å². The molecule has 0 bridgehead atoms. The Kier molecular flexibility index (Phi) is 5.25. The second-order valence-electron chi connectivity index (χ2n) is 6.98. The van der Waals surface area contributed by atoms with Crippen LogP contribution in [0.15, 0.2) is 41.2 Å². The SMILES string of the molecule is O=C(NNC(=O)c1cc2ccccc2[nH]c1=O)c1cc2c(s1)CCCCCC2. The fourth-order valence-electron chi connectivity index (χ4n) is 3.51. The van der Waals surface area contributed by atoms with Crippen LogP contribution in [0.3, 0.4) is 0 Å². The molecule has 0 fully saturated rings. The van der Waals surface area contributed by atoms with Crippen LogP contribution in [0.4, 0.5) is 0 Å². The molecule has 2 amide bonds. The Morgan fingerprint density at radius 1 is 0.929 bits per heavy atom. The standard InChI is InChI=1S/C21H21N3O3S/c25-19-15(11-13-7-5-6-9-16(13)22-19)20(26)23-24-21(27)18-12-14-8-3-1-2-4-10-17(14)28-18/h5-7,9,11-12H,1-4,8,10H2,(H,22,25)(H,23,26)(H,24,27). The molecule has 6 nitrogen and oxygen atoms in total. The predicted octanol–water partition coefficient (Wildman–Crippen LogP) is 3.32. The van der Waals surface area contributed by atoms with E-state index in [1.807, 2.05) is 24.3 Å². The summed E-state index contributed by atoms with van der Waals surface area (Å²) in [6.45, 7) is 0. The van der Waals surface area contributed by atoms with E-state index in [4.69, 9.17) is 0 Å². The highest BCUT2D eigenvalue weighted by Crippen LogP contribution is 2.28. The van der Waals surface area contributed by atoms with E-state index in [0.29, 0.717) is 10.4 Å². The molecule has 144 valence electrons. The van der Waals surface area contributed by atoms with Gasteiger partial charge in [0.1, 0.15) is 5.56 Å². The number of para-hydroxylation sites is 1. The van der Waals surface area contributed by atoms with E-state index in [0.717, 1.165) is 31.1 Å². The summed E-state index contributed by atoms with van der Waals surface area (Å²) in [5.41, 5.74) is 6.15. The lowest BCUT2D eigenvalue weighted by Gasteiger charge is -2.07. The lowest BCUT2D eigenvalue weighted by molar-refractivity contribution is 0.0848. The summed E-state index contributed by atoms with van der Waals surface area (Å²) in [7, 11) is 0. The first-order valence-electron chi connectivity index (χ1n) is 9.46. The molecule has 1 aliphatic rings. The summed E-state index contributed by atoms with van der Waals surface area (Å²) in [6, 6.07) is 10.7. The zero-order valence-corrected chi connectivity index (χ0v) is 16.2. The van der Waals surface area contributed by atoms with Gasteiger partial charge in [0.15, 0.2) is 0 Å². The monoisotopic (exact) mass is 395 g/mol. The van der Waals surface area contributed by atoms with Gasteiger partial charge < -0.3 is 4.98 Å². The molecule has 0 saturated carbocycles. The fourth-order valence-corrected chi connectivity index (χ4v) is 4.66. The lowest BCUT2D eigenvalue weighted by atomic mass is 10.00. The van der Waals surface area contributed by atoms with Gasteiger partial charge >= 0.3 is 0 Å². The smallest absolute Gasteiger partial charge is 0.279 e. The number of thiophene rings is 1. The number of H-pyrrole nitrogens is 1. The van der Waals surface area contributed by atoms with Crippen LogP contribution in [0.5, 0.6) is 0 Å². The molecule has 0 atom stereocenters. The van der Waals surface area contributed by atoms with Gasteiger partial charge in [-0.15, -0.1) is 11.3 Å². The third-order valence-electron chi connectivity index (χ3n) is 5.01. The van der Waals surface area contributed by atoms with Crippen molar-refractivity contribution in [2.24, 2.45) is 0 Å². The van der Waals surface area contributed by atoms with Gasteiger partial charge in [-0.3, -0.25) is 25.2 Å². The molecule has 0 spiro atoms. The van der Waals surface area contributed by atoms with Crippen molar-refractivity contribution >= 4 is 34.1 Å². The number of aromatic nitrogens is 1. The number of carbonyl (C=O) groups excluding carboxylic acids is 2. The van der Waals surface area contributed by atoms with Gasteiger partial charge in [0.05, 0.1) is 4.88 Å². The maximum atomic E-state index is 12.5. The normalized spacial score (nSPS) is 14.0. The third-order valence-corrected chi connectivity index (χ3v) is 6.24. The van der Waals surface area contributed by atoms with E-state index in [1.54, 1.807) is 6.07 Å². The number of rotatable bonds is 2. The lowest BCUT2D eigenvalue weighted by Crippen LogP contribution is -2.43. The molecule has 0 unspecified atom stereocenters. The molecule has 1 aliphatic carbocycles. The van der Waals surface area contributed by atoms with Crippen molar-refractivity contribution in [3.8, 4) is 0 Å². The Hall–Kier alpha value is -2.93. The number of aryl methyl sites for hydroxylation is 2. The number of fused-ring (bicyclic) bond motifs is 2. The first-order valence-corrected chi connectivity index (χ1v) is 10.3.